The molecule has 0 aromatic carbocycles. The fourth-order valence-electron chi connectivity index (χ4n) is 0.722. The highest BCUT2D eigenvalue weighted by Crippen LogP contribution is 2.47. The minimum atomic E-state index is -2.89. The second kappa shape index (κ2) is 4.74. The Morgan fingerprint density at radius 2 is 2.18 bits per heavy atom. The van der Waals surface area contributed by atoms with Crippen molar-refractivity contribution >= 4 is 7.37 Å². The molecule has 0 rings (SSSR count). The van der Waals surface area contributed by atoms with Crippen LogP contribution in [0.25, 0.3) is 0 Å². The smallest absolute Gasteiger partial charge is 0.206 e. The zero-order chi connectivity index (χ0) is 8.91. The van der Waals surface area contributed by atoms with Crippen LogP contribution in [0.1, 0.15) is 27.2 Å². The Morgan fingerprint density at radius 3 is 2.55 bits per heavy atom. The molecule has 0 aliphatic rings. The van der Waals surface area contributed by atoms with Crippen LogP contribution >= 0.6 is 7.37 Å². The van der Waals surface area contributed by atoms with E-state index >= 15 is 0 Å². The van der Waals surface area contributed by atoms with Gasteiger partial charge in [0, 0.05) is 11.8 Å². The molecule has 2 nitrogen and oxygen atoms in total. The summed E-state index contributed by atoms with van der Waals surface area (Å²) in [6, 6.07) is 0. The Balaban J connectivity index is 4.10. The summed E-state index contributed by atoms with van der Waals surface area (Å²) >= 11 is 0. The van der Waals surface area contributed by atoms with Crippen molar-refractivity contribution in [2.75, 3.05) is 6.16 Å². The molecule has 1 N–H and O–H groups in total. The van der Waals surface area contributed by atoms with Gasteiger partial charge < -0.3 is 4.89 Å². The van der Waals surface area contributed by atoms with Gasteiger partial charge in [-0.05, 0) is 13.3 Å². The van der Waals surface area contributed by atoms with E-state index in [2.05, 4.69) is 0 Å². The molecule has 11 heavy (non-hydrogen) atoms. The van der Waals surface area contributed by atoms with Gasteiger partial charge in [0.2, 0.25) is 7.37 Å². The van der Waals surface area contributed by atoms with Crippen LogP contribution in [0.4, 0.5) is 0 Å². The first-order valence-corrected chi connectivity index (χ1v) is 5.88. The molecule has 0 aliphatic carbocycles. The Labute approximate surface area is 68.8 Å². The van der Waals surface area contributed by atoms with Gasteiger partial charge in [-0.15, -0.1) is 0 Å². The van der Waals surface area contributed by atoms with E-state index in [4.69, 9.17) is 0 Å². The van der Waals surface area contributed by atoms with Gasteiger partial charge in [-0.3, -0.25) is 4.57 Å². The molecule has 66 valence electrons. The van der Waals surface area contributed by atoms with Crippen LogP contribution in [-0.4, -0.2) is 16.7 Å². The predicted molar refractivity (Wildman–Crippen MR) is 49.3 cm³/mol. The second-order valence-electron chi connectivity index (χ2n) is 2.76. The maximum absolute atomic E-state index is 11.4. The van der Waals surface area contributed by atoms with E-state index in [-0.39, 0.29) is 5.66 Å². The fourth-order valence-corrected chi connectivity index (χ4v) is 2.17. The summed E-state index contributed by atoms with van der Waals surface area (Å²) in [6.45, 7) is 5.62. The standard InChI is InChI=1S/C8H17O2P/c1-4-6-7-11(9,10)8(3)5-2/h4,6,8H,5,7H2,1-3H3,(H,9,10)/b6-4+. The highest BCUT2D eigenvalue weighted by atomic mass is 31.2. The zero-order valence-electron chi connectivity index (χ0n) is 7.45. The van der Waals surface area contributed by atoms with E-state index in [1.807, 2.05) is 26.8 Å². The maximum Gasteiger partial charge on any atom is 0.206 e. The molecular weight excluding hydrogens is 159 g/mol. The molecule has 0 aromatic heterocycles. The largest absolute Gasteiger partial charge is 0.344 e. The molecule has 0 aliphatic heterocycles. The van der Waals surface area contributed by atoms with Crippen molar-refractivity contribution in [2.24, 2.45) is 0 Å². The minimum absolute atomic E-state index is 0.0706. The highest BCUT2D eigenvalue weighted by molar-refractivity contribution is 7.58. The van der Waals surface area contributed by atoms with Gasteiger partial charge in [0.1, 0.15) is 0 Å². The van der Waals surface area contributed by atoms with Crippen molar-refractivity contribution in [3.8, 4) is 0 Å². The van der Waals surface area contributed by atoms with E-state index in [0.29, 0.717) is 6.16 Å². The number of rotatable bonds is 4. The quantitative estimate of drug-likeness (QED) is 0.528. The molecule has 0 bridgehead atoms. The molecule has 0 saturated carbocycles. The second-order valence-corrected chi connectivity index (χ2v) is 5.52. The normalized spacial score (nSPS) is 20.0. The predicted octanol–water partition coefficient (Wildman–Crippen LogP) is 2.63. The summed E-state index contributed by atoms with van der Waals surface area (Å²) in [4.78, 5) is 9.42. The van der Waals surface area contributed by atoms with E-state index in [0.717, 1.165) is 6.42 Å². The van der Waals surface area contributed by atoms with Gasteiger partial charge in [-0.25, -0.2) is 0 Å². The lowest BCUT2D eigenvalue weighted by molar-refractivity contribution is 0.467. The Hall–Kier alpha value is -0.0700. The van der Waals surface area contributed by atoms with Crippen molar-refractivity contribution in [2.45, 2.75) is 32.9 Å². The lowest BCUT2D eigenvalue weighted by atomic mass is 10.4. The van der Waals surface area contributed by atoms with Gasteiger partial charge in [-0.2, -0.15) is 0 Å². The third-order valence-electron chi connectivity index (χ3n) is 1.88. The first-order valence-electron chi connectivity index (χ1n) is 3.97. The van der Waals surface area contributed by atoms with Crippen molar-refractivity contribution in [1.29, 1.82) is 0 Å². The first kappa shape index (κ1) is 10.9. The number of allylic oxidation sites excluding steroid dienone is 2. The summed E-state index contributed by atoms with van der Waals surface area (Å²) in [5.74, 6) is 0. The van der Waals surface area contributed by atoms with E-state index in [9.17, 15) is 9.46 Å². The molecule has 2 atom stereocenters. The Morgan fingerprint density at radius 1 is 1.64 bits per heavy atom. The summed E-state index contributed by atoms with van der Waals surface area (Å²) in [5, 5.41) is 0. The van der Waals surface area contributed by atoms with Gasteiger partial charge >= 0.3 is 0 Å². The van der Waals surface area contributed by atoms with E-state index in [1.54, 1.807) is 6.08 Å². The van der Waals surface area contributed by atoms with Gasteiger partial charge in [0.05, 0.1) is 0 Å². The minimum Gasteiger partial charge on any atom is -0.344 e. The summed E-state index contributed by atoms with van der Waals surface area (Å²) in [7, 11) is -2.89. The first-order chi connectivity index (χ1) is 5.04. The molecule has 0 fully saturated rings. The highest BCUT2D eigenvalue weighted by Gasteiger charge is 2.23. The molecular formula is C8H17O2P. The molecule has 0 aromatic rings. The molecule has 0 saturated heterocycles. The maximum atomic E-state index is 11.4. The SMILES string of the molecule is C/C=C/CP(=O)(O)C(C)CC. The molecule has 0 amide bonds. The lowest BCUT2D eigenvalue weighted by Gasteiger charge is -2.15. The van der Waals surface area contributed by atoms with Crippen LogP contribution in [0.3, 0.4) is 0 Å². The number of hydrogen-bond acceptors (Lipinski definition) is 1. The average Bonchev–Trinajstić information content (AvgIpc) is 1.99. The molecule has 0 spiro atoms. The Kier molecular flexibility index (Phi) is 4.71. The van der Waals surface area contributed by atoms with Crippen molar-refractivity contribution < 1.29 is 9.46 Å². The number of hydrogen-bond donors (Lipinski definition) is 1. The van der Waals surface area contributed by atoms with Crippen molar-refractivity contribution in [3.63, 3.8) is 0 Å². The lowest BCUT2D eigenvalue weighted by Crippen LogP contribution is -2.03. The topological polar surface area (TPSA) is 37.3 Å². The van der Waals surface area contributed by atoms with Gasteiger partial charge in [-0.1, -0.05) is 26.0 Å². The van der Waals surface area contributed by atoms with Gasteiger partial charge in [0.15, 0.2) is 0 Å². The monoisotopic (exact) mass is 176 g/mol. The molecule has 0 radical (unpaired) electrons. The summed E-state index contributed by atoms with van der Waals surface area (Å²) in [6.07, 6.45) is 4.65. The van der Waals surface area contributed by atoms with E-state index < -0.39 is 7.37 Å². The summed E-state index contributed by atoms with van der Waals surface area (Å²) in [5.41, 5.74) is -0.0706. The van der Waals surface area contributed by atoms with Gasteiger partial charge in [0.25, 0.3) is 0 Å². The Bertz CT molecular complexity index is 175. The third kappa shape index (κ3) is 3.74. The summed E-state index contributed by atoms with van der Waals surface area (Å²) < 4.78 is 11.4. The third-order valence-corrected chi connectivity index (χ3v) is 4.36. The van der Waals surface area contributed by atoms with E-state index in [1.165, 1.54) is 0 Å². The van der Waals surface area contributed by atoms with Crippen LogP contribution in [0.15, 0.2) is 12.2 Å². The van der Waals surface area contributed by atoms with Crippen molar-refractivity contribution in [3.05, 3.63) is 12.2 Å². The van der Waals surface area contributed by atoms with Crippen LogP contribution in [0.5, 0.6) is 0 Å². The van der Waals surface area contributed by atoms with Crippen LogP contribution in [0, 0.1) is 0 Å². The average molecular weight is 176 g/mol. The van der Waals surface area contributed by atoms with Crippen molar-refractivity contribution in [1.82, 2.24) is 0 Å². The fraction of sp³-hybridized carbons (Fsp3) is 0.750. The van der Waals surface area contributed by atoms with Crippen LogP contribution in [-0.2, 0) is 4.57 Å². The van der Waals surface area contributed by atoms with Crippen LogP contribution in [0.2, 0.25) is 0 Å². The zero-order valence-corrected chi connectivity index (χ0v) is 8.34. The van der Waals surface area contributed by atoms with Crippen LogP contribution < -0.4 is 0 Å². The molecule has 0 heterocycles. The molecule has 2 unspecified atom stereocenters. The molecule has 3 heteroatoms.